The second-order valence-electron chi connectivity index (χ2n) is 3.82. The summed E-state index contributed by atoms with van der Waals surface area (Å²) in [7, 11) is 0. The summed E-state index contributed by atoms with van der Waals surface area (Å²) in [4.78, 5) is 10.5. The Bertz CT molecular complexity index is 283. The van der Waals surface area contributed by atoms with Gasteiger partial charge in [0.2, 0.25) is 0 Å². The van der Waals surface area contributed by atoms with Gasteiger partial charge in [-0.3, -0.25) is 10.7 Å². The van der Waals surface area contributed by atoms with E-state index in [1.807, 2.05) is 0 Å². The lowest BCUT2D eigenvalue weighted by Crippen LogP contribution is -2.44. The molecule has 1 unspecified atom stereocenters. The second kappa shape index (κ2) is 8.39. The summed E-state index contributed by atoms with van der Waals surface area (Å²) in [5.41, 5.74) is 16.4. The van der Waals surface area contributed by atoms with Gasteiger partial charge in [-0.2, -0.15) is 0 Å². The van der Waals surface area contributed by atoms with E-state index in [9.17, 15) is 10.1 Å². The van der Waals surface area contributed by atoms with Crippen LogP contribution < -0.4 is 22.5 Å². The Morgan fingerprint density at radius 1 is 1.61 bits per heavy atom. The summed E-state index contributed by atoms with van der Waals surface area (Å²) in [5.74, 6) is -0.583. The van der Waals surface area contributed by atoms with Gasteiger partial charge in [0.15, 0.2) is 5.03 Å². The highest BCUT2D eigenvalue weighted by Crippen LogP contribution is 1.98. The van der Waals surface area contributed by atoms with Crippen LogP contribution in [0.1, 0.15) is 12.8 Å². The molecule has 0 bridgehead atoms. The van der Waals surface area contributed by atoms with Crippen molar-refractivity contribution in [2.24, 2.45) is 17.2 Å². The average Bonchev–Trinajstić information content (AvgIpc) is 2.30. The summed E-state index contributed by atoms with van der Waals surface area (Å²) in [6, 6.07) is -0.170. The molecule has 0 aromatic carbocycles. The van der Waals surface area contributed by atoms with Crippen LogP contribution in [0.4, 0.5) is 0 Å². The lowest BCUT2D eigenvalue weighted by Gasteiger charge is -2.16. The maximum Gasteiger partial charge on any atom is 0.251 e. The average molecular weight is 259 g/mol. The zero-order valence-electron chi connectivity index (χ0n) is 10.2. The number of nitrogens with one attached hydrogen (secondary N) is 2. The second-order valence-corrected chi connectivity index (χ2v) is 3.82. The van der Waals surface area contributed by atoms with E-state index < -0.39 is 11.0 Å². The van der Waals surface area contributed by atoms with E-state index in [-0.39, 0.29) is 18.8 Å². The molecule has 0 spiro atoms. The van der Waals surface area contributed by atoms with Crippen molar-refractivity contribution < 1.29 is 5.03 Å². The van der Waals surface area contributed by atoms with Crippen molar-refractivity contribution in [2.45, 2.75) is 25.0 Å². The van der Waals surface area contributed by atoms with Gasteiger partial charge in [-0.05, 0) is 12.8 Å². The molecule has 2 atom stereocenters. The van der Waals surface area contributed by atoms with Crippen molar-refractivity contribution in [3.63, 3.8) is 0 Å². The fraction of sp³-hybridized carbons (Fsp3) is 0.667. The van der Waals surface area contributed by atoms with Crippen molar-refractivity contribution in [1.29, 1.82) is 5.41 Å². The minimum atomic E-state index is -0.709. The van der Waals surface area contributed by atoms with E-state index in [0.717, 1.165) is 0 Å². The molecule has 0 saturated carbocycles. The van der Waals surface area contributed by atoms with Crippen LogP contribution in [-0.4, -0.2) is 41.3 Å². The highest BCUT2D eigenvalue weighted by molar-refractivity contribution is 5.73. The zero-order chi connectivity index (χ0) is 14.1. The predicted molar refractivity (Wildman–Crippen MR) is 69.0 cm³/mol. The molecule has 0 radical (unpaired) electrons. The van der Waals surface area contributed by atoms with E-state index in [0.29, 0.717) is 24.4 Å². The molecular weight excluding hydrogens is 238 g/mol. The molecule has 0 aromatic heterocycles. The van der Waals surface area contributed by atoms with Crippen LogP contribution in [0.3, 0.4) is 0 Å². The highest BCUT2D eigenvalue weighted by atomic mass is 16.7. The molecule has 104 valence electrons. The number of hydrogen-bond donors (Lipinski definition) is 5. The normalized spacial score (nSPS) is 13.7. The Morgan fingerprint density at radius 2 is 2.22 bits per heavy atom. The molecule has 0 aliphatic rings. The maximum atomic E-state index is 10.5. The van der Waals surface area contributed by atoms with Gasteiger partial charge in [0.05, 0.1) is 12.7 Å². The number of nitrogens with zero attached hydrogens (tertiary/aromatic N) is 2. The maximum absolute atomic E-state index is 10.5. The van der Waals surface area contributed by atoms with Gasteiger partial charge in [0, 0.05) is 12.6 Å². The monoisotopic (exact) mass is 259 g/mol. The number of guanidine groups is 1. The van der Waals surface area contributed by atoms with Gasteiger partial charge >= 0.3 is 0 Å². The Morgan fingerprint density at radius 3 is 2.67 bits per heavy atom. The molecular formula is C9H21N7O2. The Balaban J connectivity index is 3.85. The van der Waals surface area contributed by atoms with E-state index in [1.54, 1.807) is 6.08 Å². The highest BCUT2D eigenvalue weighted by Gasteiger charge is 2.17. The third-order valence-electron chi connectivity index (χ3n) is 2.29. The van der Waals surface area contributed by atoms with Crippen LogP contribution in [0, 0.1) is 15.5 Å². The lowest BCUT2D eigenvalue weighted by molar-refractivity contribution is -0.629. The van der Waals surface area contributed by atoms with Gasteiger partial charge < -0.3 is 17.2 Å². The summed E-state index contributed by atoms with van der Waals surface area (Å²) in [6.07, 6.45) is 2.27. The zero-order valence-corrected chi connectivity index (χ0v) is 10.2. The first-order valence-corrected chi connectivity index (χ1v) is 5.51. The molecule has 0 amide bonds. The van der Waals surface area contributed by atoms with Crippen LogP contribution in [0.2, 0.25) is 0 Å². The largest absolute Gasteiger partial charge is 0.365 e. The fourth-order valence-electron chi connectivity index (χ4n) is 1.27. The van der Waals surface area contributed by atoms with Crippen LogP contribution in [0.5, 0.6) is 0 Å². The summed E-state index contributed by atoms with van der Waals surface area (Å²) < 4.78 is 0. The molecule has 0 heterocycles. The number of hydrogen-bond acceptors (Lipinski definition) is 6. The molecule has 9 heteroatoms. The Labute approximate surface area is 106 Å². The van der Waals surface area contributed by atoms with E-state index in [2.05, 4.69) is 11.9 Å². The molecule has 8 N–H and O–H groups in total. The van der Waals surface area contributed by atoms with E-state index in [4.69, 9.17) is 22.6 Å². The van der Waals surface area contributed by atoms with Gasteiger partial charge in [0.25, 0.3) is 5.96 Å². The fourth-order valence-corrected chi connectivity index (χ4v) is 1.27. The van der Waals surface area contributed by atoms with E-state index in [1.165, 1.54) is 0 Å². The van der Waals surface area contributed by atoms with Gasteiger partial charge in [-0.1, -0.05) is 11.1 Å². The first kappa shape index (κ1) is 16.3. The standard InChI is InChI=1S/C9H21N7O2/c1-2-8(11)14-6-7(10)4-3-5-15(9(12)13)16(17)18/h2,7-8,14H,1,3-6,10-11H2,(H3,12,13)/t7-,8?/m0/s1. The molecule has 0 rings (SSSR count). The lowest BCUT2D eigenvalue weighted by atomic mass is 10.1. The van der Waals surface area contributed by atoms with Crippen molar-refractivity contribution in [2.75, 3.05) is 13.1 Å². The molecule has 18 heavy (non-hydrogen) atoms. The molecule has 9 nitrogen and oxygen atoms in total. The predicted octanol–water partition coefficient (Wildman–Crippen LogP) is -1.46. The minimum Gasteiger partial charge on any atom is -0.365 e. The minimum absolute atomic E-state index is 0.0591. The van der Waals surface area contributed by atoms with E-state index >= 15 is 0 Å². The van der Waals surface area contributed by atoms with Gasteiger partial charge in [-0.15, -0.1) is 6.58 Å². The third kappa shape index (κ3) is 6.78. The van der Waals surface area contributed by atoms with Crippen molar-refractivity contribution in [3.8, 4) is 0 Å². The van der Waals surface area contributed by atoms with Crippen LogP contribution in [0.25, 0.3) is 0 Å². The SMILES string of the molecule is C=CC(N)NC[C@@H](N)CCCN(C(=N)N)[N+](=O)[O-]. The smallest absolute Gasteiger partial charge is 0.251 e. The summed E-state index contributed by atoms with van der Waals surface area (Å²) in [6.45, 7) is 4.07. The van der Waals surface area contributed by atoms with Gasteiger partial charge in [-0.25, -0.2) is 10.1 Å². The number of nitrogens with two attached hydrogens (primary N) is 3. The Hall–Kier alpha value is -1.71. The number of rotatable bonds is 9. The first-order chi connectivity index (χ1) is 8.38. The third-order valence-corrected chi connectivity index (χ3v) is 2.29. The van der Waals surface area contributed by atoms with Gasteiger partial charge in [0.1, 0.15) is 0 Å². The molecule has 0 saturated heterocycles. The van der Waals surface area contributed by atoms with Crippen molar-refractivity contribution in [3.05, 3.63) is 22.8 Å². The number of hydrazine groups is 1. The quantitative estimate of drug-likeness (QED) is 0.0844. The van der Waals surface area contributed by atoms with Crippen LogP contribution in [0.15, 0.2) is 12.7 Å². The number of nitro groups is 1. The van der Waals surface area contributed by atoms with Crippen LogP contribution in [-0.2, 0) is 0 Å². The Kier molecular flexibility index (Phi) is 7.59. The van der Waals surface area contributed by atoms with Crippen LogP contribution >= 0.6 is 0 Å². The first-order valence-electron chi connectivity index (χ1n) is 5.51. The van der Waals surface area contributed by atoms with Crippen molar-refractivity contribution in [1.82, 2.24) is 10.3 Å². The molecule has 0 aromatic rings. The van der Waals surface area contributed by atoms with Crippen molar-refractivity contribution >= 4 is 5.96 Å². The molecule has 0 aliphatic heterocycles. The summed E-state index contributed by atoms with van der Waals surface area (Å²) in [5, 5.41) is 20.3. The summed E-state index contributed by atoms with van der Waals surface area (Å²) >= 11 is 0. The molecule has 0 fully saturated rings. The topological polar surface area (TPSA) is 160 Å². The molecule has 0 aliphatic carbocycles.